The summed E-state index contributed by atoms with van der Waals surface area (Å²) in [4.78, 5) is 22.5. The molecule has 0 spiro atoms. The normalized spacial score (nSPS) is 10.9. The number of nitrogens with zero attached hydrogens (tertiary/aromatic N) is 4. The Kier molecular flexibility index (Phi) is 6.30. The van der Waals surface area contributed by atoms with Crippen LogP contribution in [0.25, 0.3) is 17.1 Å². The number of carbonyl (C=O) groups excluding carboxylic acids is 1. The topological polar surface area (TPSA) is 111 Å². The zero-order chi connectivity index (χ0) is 23.7. The fraction of sp³-hybridized carbons (Fsp3) is 0.0870. The molecule has 0 unspecified atom stereocenters. The monoisotopic (exact) mass is 524 g/mol. The smallest absolute Gasteiger partial charge is 0.284 e. The number of rotatable bonds is 6. The van der Waals surface area contributed by atoms with Gasteiger partial charge in [-0.05, 0) is 61.5 Å². The molecule has 0 saturated carbocycles. The zero-order valence-electron chi connectivity index (χ0n) is 17.5. The minimum absolute atomic E-state index is 0.0227. The molecule has 8 nitrogen and oxygen atoms in total. The van der Waals surface area contributed by atoms with Gasteiger partial charge in [0.25, 0.3) is 5.69 Å². The van der Waals surface area contributed by atoms with Gasteiger partial charge in [-0.2, -0.15) is 0 Å². The Labute approximate surface area is 201 Å². The van der Waals surface area contributed by atoms with Gasteiger partial charge in [0.2, 0.25) is 5.16 Å². The molecule has 1 N–H and O–H groups in total. The molecule has 0 aliphatic heterocycles. The van der Waals surface area contributed by atoms with Crippen LogP contribution in [-0.4, -0.2) is 31.1 Å². The van der Waals surface area contributed by atoms with Gasteiger partial charge in [0.1, 0.15) is 12.0 Å². The largest absolute Gasteiger partial charge is 0.507 e. The first-order valence-corrected chi connectivity index (χ1v) is 11.3. The van der Waals surface area contributed by atoms with Gasteiger partial charge in [-0.1, -0.05) is 39.7 Å². The standard InChI is InChI=1S/C23H17BrN4O4S/c1-13-3-6-18(14(2)9-13)27-22(17-11-16(24)5-7-20(17)30)25-26-23(27)33-21-8-4-15(12-29)10-19(21)28(31)32/h3-12,30H,1-2H3. The average molecular weight is 525 g/mol. The highest BCUT2D eigenvalue weighted by Gasteiger charge is 2.24. The molecule has 1 aromatic heterocycles. The quantitative estimate of drug-likeness (QED) is 0.190. The predicted molar refractivity (Wildman–Crippen MR) is 128 cm³/mol. The van der Waals surface area contributed by atoms with Gasteiger partial charge >= 0.3 is 0 Å². The van der Waals surface area contributed by atoms with Crippen molar-refractivity contribution in [3.05, 3.63) is 85.9 Å². The summed E-state index contributed by atoms with van der Waals surface area (Å²) in [5, 5.41) is 31.1. The molecule has 0 bridgehead atoms. The van der Waals surface area contributed by atoms with Crippen LogP contribution < -0.4 is 0 Å². The van der Waals surface area contributed by atoms with Gasteiger partial charge in [0.15, 0.2) is 5.82 Å². The number of nitro groups is 1. The number of carbonyl (C=O) groups is 1. The Balaban J connectivity index is 1.93. The molecule has 166 valence electrons. The Morgan fingerprint density at radius 1 is 1.09 bits per heavy atom. The summed E-state index contributed by atoms with van der Waals surface area (Å²) >= 11 is 4.48. The maximum atomic E-state index is 11.6. The number of halogens is 1. The third-order valence-corrected chi connectivity index (χ3v) is 6.45. The summed E-state index contributed by atoms with van der Waals surface area (Å²) < 4.78 is 2.51. The van der Waals surface area contributed by atoms with E-state index in [1.54, 1.807) is 22.8 Å². The maximum Gasteiger partial charge on any atom is 0.284 e. The van der Waals surface area contributed by atoms with Crippen LogP contribution >= 0.6 is 27.7 Å². The number of aromatic hydroxyl groups is 1. The van der Waals surface area contributed by atoms with E-state index in [2.05, 4.69) is 26.1 Å². The zero-order valence-corrected chi connectivity index (χ0v) is 19.9. The average Bonchev–Trinajstić information content (AvgIpc) is 3.18. The van der Waals surface area contributed by atoms with E-state index < -0.39 is 4.92 Å². The van der Waals surface area contributed by atoms with Gasteiger partial charge < -0.3 is 5.11 Å². The summed E-state index contributed by atoms with van der Waals surface area (Å²) in [6.45, 7) is 3.93. The van der Waals surface area contributed by atoms with Crippen molar-refractivity contribution in [3.8, 4) is 22.8 Å². The SMILES string of the molecule is Cc1ccc(-n2c(Sc3ccc(C=O)cc3[N+](=O)[O-])nnc2-c2cc(Br)ccc2O)c(C)c1. The van der Waals surface area contributed by atoms with Crippen LogP contribution in [0.1, 0.15) is 21.5 Å². The highest BCUT2D eigenvalue weighted by molar-refractivity contribution is 9.10. The van der Waals surface area contributed by atoms with E-state index in [0.717, 1.165) is 33.0 Å². The van der Waals surface area contributed by atoms with Crippen LogP contribution in [0.2, 0.25) is 0 Å². The second kappa shape index (κ2) is 9.16. The minimum Gasteiger partial charge on any atom is -0.507 e. The third kappa shape index (κ3) is 4.53. The summed E-state index contributed by atoms with van der Waals surface area (Å²) in [5.74, 6) is 0.407. The molecule has 4 aromatic rings. The molecular weight excluding hydrogens is 508 g/mol. The maximum absolute atomic E-state index is 11.6. The van der Waals surface area contributed by atoms with Crippen molar-refractivity contribution < 1.29 is 14.8 Å². The molecule has 0 amide bonds. The third-order valence-electron chi connectivity index (χ3n) is 4.94. The Morgan fingerprint density at radius 3 is 2.58 bits per heavy atom. The molecule has 0 fully saturated rings. The van der Waals surface area contributed by atoms with Crippen molar-refractivity contribution in [2.75, 3.05) is 0 Å². The first-order chi connectivity index (χ1) is 15.8. The molecule has 4 rings (SSSR count). The Morgan fingerprint density at radius 2 is 1.88 bits per heavy atom. The lowest BCUT2D eigenvalue weighted by atomic mass is 10.1. The summed E-state index contributed by atoms with van der Waals surface area (Å²) in [5.41, 5.74) is 3.25. The van der Waals surface area contributed by atoms with Gasteiger partial charge in [-0.15, -0.1) is 10.2 Å². The van der Waals surface area contributed by atoms with Crippen LogP contribution in [0.5, 0.6) is 5.75 Å². The lowest BCUT2D eigenvalue weighted by Crippen LogP contribution is -2.03. The molecule has 0 aliphatic carbocycles. The molecule has 0 aliphatic rings. The van der Waals surface area contributed by atoms with E-state index in [-0.39, 0.29) is 17.0 Å². The van der Waals surface area contributed by atoms with Crippen molar-refractivity contribution in [1.29, 1.82) is 0 Å². The molecule has 1 heterocycles. The number of nitro benzene ring substituents is 1. The predicted octanol–water partition coefficient (Wildman–Crippen LogP) is 5.89. The lowest BCUT2D eigenvalue weighted by molar-refractivity contribution is -0.387. The Bertz CT molecular complexity index is 1400. The number of aldehydes is 1. The molecule has 33 heavy (non-hydrogen) atoms. The van der Waals surface area contributed by atoms with Crippen LogP contribution in [0.4, 0.5) is 5.69 Å². The second-order valence-electron chi connectivity index (χ2n) is 7.30. The van der Waals surface area contributed by atoms with E-state index in [9.17, 15) is 20.0 Å². The highest BCUT2D eigenvalue weighted by Crippen LogP contribution is 2.39. The van der Waals surface area contributed by atoms with Crippen LogP contribution in [-0.2, 0) is 0 Å². The number of hydrogen-bond donors (Lipinski definition) is 1. The number of benzene rings is 3. The van der Waals surface area contributed by atoms with Crippen molar-refractivity contribution in [2.45, 2.75) is 23.9 Å². The van der Waals surface area contributed by atoms with E-state index in [4.69, 9.17) is 0 Å². The van der Waals surface area contributed by atoms with E-state index in [0.29, 0.717) is 27.7 Å². The van der Waals surface area contributed by atoms with Crippen molar-refractivity contribution in [3.63, 3.8) is 0 Å². The van der Waals surface area contributed by atoms with Crippen molar-refractivity contribution in [1.82, 2.24) is 14.8 Å². The molecule has 3 aromatic carbocycles. The summed E-state index contributed by atoms with van der Waals surface area (Å²) in [7, 11) is 0. The first-order valence-electron chi connectivity index (χ1n) is 9.72. The van der Waals surface area contributed by atoms with Gasteiger partial charge in [-0.3, -0.25) is 19.5 Å². The van der Waals surface area contributed by atoms with E-state index in [1.165, 1.54) is 18.2 Å². The highest BCUT2D eigenvalue weighted by atomic mass is 79.9. The number of phenols is 1. The van der Waals surface area contributed by atoms with E-state index in [1.807, 2.05) is 32.0 Å². The van der Waals surface area contributed by atoms with Gasteiger partial charge in [0.05, 0.1) is 21.1 Å². The first kappa shape index (κ1) is 22.7. The van der Waals surface area contributed by atoms with Crippen LogP contribution in [0, 0.1) is 24.0 Å². The second-order valence-corrected chi connectivity index (χ2v) is 9.22. The van der Waals surface area contributed by atoms with Crippen LogP contribution in [0.15, 0.2) is 69.1 Å². The van der Waals surface area contributed by atoms with Crippen molar-refractivity contribution >= 4 is 39.7 Å². The van der Waals surface area contributed by atoms with E-state index >= 15 is 0 Å². The van der Waals surface area contributed by atoms with Gasteiger partial charge in [-0.25, -0.2) is 0 Å². The van der Waals surface area contributed by atoms with Crippen molar-refractivity contribution in [2.24, 2.45) is 0 Å². The number of aryl methyl sites for hydroxylation is 2. The van der Waals surface area contributed by atoms with Gasteiger partial charge in [0, 0.05) is 16.1 Å². The fourth-order valence-electron chi connectivity index (χ4n) is 3.41. The molecule has 0 saturated heterocycles. The lowest BCUT2D eigenvalue weighted by Gasteiger charge is -2.14. The molecule has 10 heteroatoms. The summed E-state index contributed by atoms with van der Waals surface area (Å²) in [6, 6.07) is 15.1. The Hall–Kier alpha value is -3.50. The molecule has 0 atom stereocenters. The number of phenolic OH excluding ortho intramolecular Hbond substituents is 1. The number of aromatic nitrogens is 3. The number of hydrogen-bond acceptors (Lipinski definition) is 7. The molecular formula is C23H17BrN4O4S. The molecule has 0 radical (unpaired) electrons. The summed E-state index contributed by atoms with van der Waals surface area (Å²) in [6.07, 6.45) is 0.563. The van der Waals surface area contributed by atoms with Crippen LogP contribution in [0.3, 0.4) is 0 Å². The minimum atomic E-state index is -0.534. The fourth-order valence-corrected chi connectivity index (χ4v) is 4.70.